The zero-order valence-electron chi connectivity index (χ0n) is 53.1. The second-order valence-corrected chi connectivity index (χ2v) is 27.0. The standard InChI is InChI=1S/C77H72N6O/c1-74(2,3)48-30-36-63-58(41-48)59-42-49(75(4,5)6)31-37-64(59)81(63)67-26-20-27-68(82-65-38-32-50(76(7,8)9)43-60(65)61-44-51(77(10,11)12)33-39-66(61)82)72(67)57-24-19-28-69-73(57)79(13)47-80(69)52-21-18-22-53(45-52)84-54-34-35-56-55-23-14-15-25-62(55)83(70(56)46-54)71-29-16-17-40-78-71/h14-46H,1-13H3/i13D3. The summed E-state index contributed by atoms with van der Waals surface area (Å²) in [5.74, 6) is 2.04. The van der Waals surface area contributed by atoms with Gasteiger partial charge in [0, 0.05) is 50.1 Å². The molecule has 7 heteroatoms. The molecule has 0 amide bonds. The van der Waals surface area contributed by atoms with E-state index in [4.69, 9.17) is 9.72 Å². The van der Waals surface area contributed by atoms with Crippen LogP contribution in [0.3, 0.4) is 0 Å². The molecule has 0 atom stereocenters. The van der Waals surface area contributed by atoms with Crippen molar-refractivity contribution in [3.05, 3.63) is 229 Å². The first-order chi connectivity index (χ1) is 41.3. The van der Waals surface area contributed by atoms with Crippen molar-refractivity contribution in [2.24, 2.45) is 6.98 Å². The molecule has 0 radical (unpaired) electrons. The predicted molar refractivity (Wildman–Crippen MR) is 351 cm³/mol. The Bertz CT molecular complexity index is 4790. The highest BCUT2D eigenvalue weighted by Gasteiger charge is 2.28. The van der Waals surface area contributed by atoms with Gasteiger partial charge in [0.25, 0.3) is 0 Å². The number of aryl methyl sites for hydroxylation is 1. The fourth-order valence-corrected chi connectivity index (χ4v) is 12.7. The highest BCUT2D eigenvalue weighted by atomic mass is 16.5. The van der Waals surface area contributed by atoms with Crippen molar-refractivity contribution in [3.8, 4) is 45.5 Å². The molecule has 84 heavy (non-hydrogen) atoms. The van der Waals surface area contributed by atoms with Gasteiger partial charge in [0.05, 0.1) is 72.3 Å². The van der Waals surface area contributed by atoms with Crippen LogP contribution in [0.2, 0.25) is 0 Å². The number of ether oxygens (including phenoxy) is 1. The van der Waals surface area contributed by atoms with Crippen LogP contribution in [0.25, 0.3) is 110 Å². The third kappa shape index (κ3) is 8.61. The molecule has 0 saturated heterocycles. The van der Waals surface area contributed by atoms with Crippen LogP contribution in [0.1, 0.15) is 109 Å². The van der Waals surface area contributed by atoms with E-state index >= 15 is 0 Å². The van der Waals surface area contributed by atoms with Crippen molar-refractivity contribution in [2.45, 2.75) is 105 Å². The van der Waals surface area contributed by atoms with Crippen molar-refractivity contribution >= 4 is 76.5 Å². The molecule has 5 heterocycles. The molecule has 5 aromatic heterocycles. The molecule has 14 aromatic rings. The first-order valence-corrected chi connectivity index (χ1v) is 29.4. The van der Waals surface area contributed by atoms with Gasteiger partial charge in [0.2, 0.25) is 6.33 Å². The first kappa shape index (κ1) is 49.4. The van der Waals surface area contributed by atoms with E-state index in [1.807, 2.05) is 71.4 Å². The van der Waals surface area contributed by atoms with Crippen LogP contribution in [-0.4, -0.2) is 23.3 Å². The topological polar surface area (TPSA) is 45.7 Å². The molecule has 0 aliphatic heterocycles. The van der Waals surface area contributed by atoms with Crippen LogP contribution in [0, 0.1) is 6.33 Å². The van der Waals surface area contributed by atoms with Gasteiger partial charge in [0.1, 0.15) is 17.3 Å². The average Bonchev–Trinajstić information content (AvgIpc) is 1.60. The minimum Gasteiger partial charge on any atom is -0.458 e. The zero-order chi connectivity index (χ0) is 60.9. The van der Waals surface area contributed by atoms with E-state index in [0.717, 1.165) is 93.7 Å². The fraction of sp³-hybridized carbons (Fsp3) is 0.221. The molecule has 0 aliphatic rings. The highest BCUT2D eigenvalue weighted by Crippen LogP contribution is 2.46. The summed E-state index contributed by atoms with van der Waals surface area (Å²) in [7, 11) is 0. The van der Waals surface area contributed by atoms with Gasteiger partial charge in [-0.1, -0.05) is 168 Å². The Morgan fingerprint density at radius 3 is 1.40 bits per heavy atom. The van der Waals surface area contributed by atoms with Crippen LogP contribution >= 0.6 is 0 Å². The van der Waals surface area contributed by atoms with Crippen LogP contribution in [-0.2, 0) is 28.6 Å². The van der Waals surface area contributed by atoms with Gasteiger partial charge < -0.3 is 23.0 Å². The van der Waals surface area contributed by atoms with E-state index in [1.165, 1.54) is 26.8 Å². The number of benzene rings is 9. The molecular formula is C77H72N6O. The third-order valence-corrected chi connectivity index (χ3v) is 17.3. The lowest BCUT2D eigenvalue weighted by Gasteiger charge is -2.23. The molecule has 0 unspecified atom stereocenters. The van der Waals surface area contributed by atoms with Crippen LogP contribution in [0.15, 0.2) is 200 Å². The van der Waals surface area contributed by atoms with E-state index < -0.39 is 6.98 Å². The zero-order valence-corrected chi connectivity index (χ0v) is 50.1. The Labute approximate surface area is 496 Å². The van der Waals surface area contributed by atoms with Gasteiger partial charge in [-0.3, -0.25) is 4.57 Å². The van der Waals surface area contributed by atoms with E-state index in [2.05, 4.69) is 237 Å². The number of hydrogen-bond acceptors (Lipinski definition) is 2. The summed E-state index contributed by atoms with van der Waals surface area (Å²) in [5.41, 5.74) is 16.2. The number of pyridine rings is 1. The summed E-state index contributed by atoms with van der Waals surface area (Å²) in [4.78, 5) is 4.74. The Balaban J connectivity index is 1.03. The van der Waals surface area contributed by atoms with E-state index in [9.17, 15) is 4.11 Å². The summed E-state index contributed by atoms with van der Waals surface area (Å²) in [6, 6.07) is 68.8. The largest absolute Gasteiger partial charge is 0.458 e. The van der Waals surface area contributed by atoms with Gasteiger partial charge in [-0.05, 0) is 153 Å². The Kier molecular flexibility index (Phi) is 11.1. The maximum Gasteiger partial charge on any atom is 0.244 e. The van der Waals surface area contributed by atoms with Crippen molar-refractivity contribution in [3.63, 3.8) is 0 Å². The number of imidazole rings is 1. The number of fused-ring (bicyclic) bond motifs is 10. The molecule has 416 valence electrons. The minimum atomic E-state index is -2.65. The Morgan fingerprint density at radius 2 is 0.881 bits per heavy atom. The van der Waals surface area contributed by atoms with Crippen molar-refractivity contribution in [1.29, 1.82) is 0 Å². The quantitative estimate of drug-likeness (QED) is 0.118. The fourth-order valence-electron chi connectivity index (χ4n) is 12.7. The lowest BCUT2D eigenvalue weighted by molar-refractivity contribution is -0.649. The summed E-state index contributed by atoms with van der Waals surface area (Å²) >= 11 is 0. The van der Waals surface area contributed by atoms with Crippen molar-refractivity contribution in [2.75, 3.05) is 0 Å². The minimum absolute atomic E-state index is 0.101. The van der Waals surface area contributed by atoms with E-state index in [1.54, 1.807) is 0 Å². The molecule has 0 aliphatic carbocycles. The van der Waals surface area contributed by atoms with Gasteiger partial charge >= 0.3 is 0 Å². The number of para-hydroxylation sites is 2. The molecule has 0 N–H and O–H groups in total. The van der Waals surface area contributed by atoms with Gasteiger partial charge in [0.15, 0.2) is 0 Å². The Hall–Kier alpha value is -9.20. The molecule has 7 nitrogen and oxygen atoms in total. The maximum absolute atomic E-state index is 9.38. The molecule has 0 saturated carbocycles. The van der Waals surface area contributed by atoms with Crippen molar-refractivity contribution in [1.82, 2.24) is 23.3 Å². The monoisotopic (exact) mass is 1100 g/mol. The van der Waals surface area contributed by atoms with Crippen LogP contribution in [0.4, 0.5) is 0 Å². The smallest absolute Gasteiger partial charge is 0.244 e. The first-order valence-electron chi connectivity index (χ1n) is 30.9. The molecule has 14 rings (SSSR count). The average molecular weight is 1100 g/mol. The van der Waals surface area contributed by atoms with Crippen LogP contribution < -0.4 is 9.30 Å². The highest BCUT2D eigenvalue weighted by molar-refractivity contribution is 6.14. The van der Waals surface area contributed by atoms with Gasteiger partial charge in [-0.2, -0.15) is 0 Å². The summed E-state index contributed by atoms with van der Waals surface area (Å²) in [6.45, 7) is 24.6. The second-order valence-electron chi connectivity index (χ2n) is 27.0. The lowest BCUT2D eigenvalue weighted by Crippen LogP contribution is -2.27. The maximum atomic E-state index is 9.38. The van der Waals surface area contributed by atoms with Crippen LogP contribution in [0.5, 0.6) is 11.5 Å². The normalized spacial score (nSPS) is 13.5. The lowest BCUT2D eigenvalue weighted by atomic mass is 9.85. The molecule has 0 bridgehead atoms. The van der Waals surface area contributed by atoms with E-state index in [-0.39, 0.29) is 21.7 Å². The van der Waals surface area contributed by atoms with E-state index in [0.29, 0.717) is 28.2 Å². The third-order valence-electron chi connectivity index (χ3n) is 17.3. The van der Waals surface area contributed by atoms with Crippen molar-refractivity contribution < 1.29 is 13.4 Å². The van der Waals surface area contributed by atoms with Gasteiger partial charge in [-0.25, -0.2) is 4.98 Å². The molecule has 9 aromatic carbocycles. The van der Waals surface area contributed by atoms with Gasteiger partial charge in [-0.15, -0.1) is 0 Å². The summed E-state index contributed by atoms with van der Waals surface area (Å²) in [6.07, 6.45) is 5.22. The second kappa shape index (κ2) is 18.9. The Morgan fingerprint density at radius 1 is 0.405 bits per heavy atom. The summed E-state index contributed by atoms with van der Waals surface area (Å²) < 4.78 is 45.2. The molecule has 0 fully saturated rings. The molecular weight excluding hydrogens is 1020 g/mol. The molecule has 0 spiro atoms. The number of rotatable bonds is 7. The predicted octanol–water partition coefficient (Wildman–Crippen LogP) is 19.6. The SMILES string of the molecule is [2H]C([2H])([2H])[n+]1[c-]n(-c2cccc(Oc3ccc4c5ccccc5n(-c5ccccn5)c4c3)c2)c2cccc(-c3c(-n4c5ccc(C(C)(C)C)cc5c5cc(C(C)(C)C)ccc54)cccc3-n3c4ccc(C(C)(C)C)cc4c4cc(C(C)(C)C)ccc43)c21. The summed E-state index contributed by atoms with van der Waals surface area (Å²) in [5, 5.41) is 6.86. The number of hydrogen-bond donors (Lipinski definition) is 0. The number of aromatic nitrogens is 6. The number of nitrogens with zero attached hydrogens (tertiary/aromatic N) is 6.